The minimum Gasteiger partial charge on any atom is -0.497 e. The second kappa shape index (κ2) is 16.8. The Morgan fingerprint density at radius 1 is 0.854 bits per heavy atom. The number of amides is 2. The van der Waals surface area contributed by atoms with Crippen LogP contribution >= 0.6 is 11.6 Å². The summed E-state index contributed by atoms with van der Waals surface area (Å²) in [5.41, 5.74) is 0.802. The maximum Gasteiger partial charge on any atom is 0.265 e. The standard InChI is InChI=1S/C35H44ClN3O8S/c1-6-29(35(41)37-26-10-8-7-9-11-26)38(22-24-12-14-25(36)15-13-24)34(40)23-39(30-20-27(44-2)16-18-31(30)45-3)48(42,43)28-17-19-32(46-4)33(21-28)47-5/h12-21,26,29H,6-11,22-23H2,1-5H3,(H,37,41)/t29-/m0/s1. The van der Waals surface area contributed by atoms with Crippen LogP contribution in [0.25, 0.3) is 0 Å². The molecule has 0 unspecified atom stereocenters. The molecule has 0 aromatic heterocycles. The average molecular weight is 702 g/mol. The molecular formula is C35H44ClN3O8S. The normalized spacial score (nSPS) is 14.0. The van der Waals surface area contributed by atoms with Gasteiger partial charge in [0, 0.05) is 29.7 Å². The minimum absolute atomic E-state index is 0.0238. The van der Waals surface area contributed by atoms with Crippen molar-refractivity contribution < 1.29 is 37.0 Å². The van der Waals surface area contributed by atoms with Crippen molar-refractivity contribution in [1.29, 1.82) is 0 Å². The van der Waals surface area contributed by atoms with E-state index in [9.17, 15) is 18.0 Å². The zero-order valence-electron chi connectivity index (χ0n) is 28.0. The first-order chi connectivity index (χ1) is 23.1. The lowest BCUT2D eigenvalue weighted by molar-refractivity contribution is -0.140. The Kier molecular flexibility index (Phi) is 12.8. The first-order valence-corrected chi connectivity index (χ1v) is 17.7. The molecule has 1 fully saturated rings. The molecule has 1 N–H and O–H groups in total. The number of anilines is 1. The van der Waals surface area contributed by atoms with Gasteiger partial charge >= 0.3 is 0 Å². The van der Waals surface area contributed by atoms with Crippen molar-refractivity contribution in [2.75, 3.05) is 39.3 Å². The molecule has 1 atom stereocenters. The Hall–Kier alpha value is -4.16. The molecule has 2 amide bonds. The quantitative estimate of drug-likeness (QED) is 0.210. The highest BCUT2D eigenvalue weighted by molar-refractivity contribution is 7.92. The summed E-state index contributed by atoms with van der Waals surface area (Å²) in [5.74, 6) is 0.199. The van der Waals surface area contributed by atoms with Crippen LogP contribution in [0.5, 0.6) is 23.0 Å². The van der Waals surface area contributed by atoms with Gasteiger partial charge in [0.2, 0.25) is 11.8 Å². The van der Waals surface area contributed by atoms with E-state index in [1.165, 1.54) is 57.6 Å². The number of carbonyl (C=O) groups excluding carboxylic acids is 2. The Bertz CT molecular complexity index is 1660. The number of nitrogens with zero attached hydrogens (tertiary/aromatic N) is 2. The minimum atomic E-state index is -4.45. The highest BCUT2D eigenvalue weighted by Crippen LogP contribution is 2.38. The Balaban J connectivity index is 1.81. The zero-order valence-corrected chi connectivity index (χ0v) is 29.6. The van der Waals surface area contributed by atoms with Gasteiger partial charge in [-0.25, -0.2) is 8.42 Å². The first kappa shape index (κ1) is 36.7. The zero-order chi connectivity index (χ0) is 34.8. The van der Waals surface area contributed by atoms with Crippen molar-refractivity contribution >= 4 is 39.1 Å². The number of nitrogens with one attached hydrogen (secondary N) is 1. The second-order valence-corrected chi connectivity index (χ2v) is 13.8. The van der Waals surface area contributed by atoms with Crippen LogP contribution in [0, 0.1) is 0 Å². The van der Waals surface area contributed by atoms with Crippen molar-refractivity contribution in [2.24, 2.45) is 0 Å². The number of carbonyl (C=O) groups is 2. The topological polar surface area (TPSA) is 124 Å². The Morgan fingerprint density at radius 2 is 1.50 bits per heavy atom. The molecule has 260 valence electrons. The molecule has 0 heterocycles. The van der Waals surface area contributed by atoms with Crippen LogP contribution in [0.4, 0.5) is 5.69 Å². The van der Waals surface area contributed by atoms with Crippen molar-refractivity contribution in [3.63, 3.8) is 0 Å². The molecule has 0 spiro atoms. The Morgan fingerprint density at radius 3 is 2.10 bits per heavy atom. The number of hydrogen-bond acceptors (Lipinski definition) is 8. The van der Waals surface area contributed by atoms with Crippen molar-refractivity contribution in [3.05, 3.63) is 71.2 Å². The number of sulfonamides is 1. The van der Waals surface area contributed by atoms with E-state index in [4.69, 9.17) is 30.5 Å². The summed E-state index contributed by atoms with van der Waals surface area (Å²) in [5, 5.41) is 3.67. The third-order valence-electron chi connectivity index (χ3n) is 8.48. The molecule has 11 nitrogen and oxygen atoms in total. The Labute approximate surface area is 288 Å². The maximum atomic E-state index is 14.5. The summed E-state index contributed by atoms with van der Waals surface area (Å²) in [4.78, 5) is 29.6. The predicted octanol–water partition coefficient (Wildman–Crippen LogP) is 5.83. The SMILES string of the molecule is CC[C@@H](C(=O)NC1CCCCC1)N(Cc1ccc(Cl)cc1)C(=O)CN(c1cc(OC)ccc1OC)S(=O)(=O)c1ccc(OC)c(OC)c1. The summed E-state index contributed by atoms with van der Waals surface area (Å²) in [7, 11) is 1.25. The van der Waals surface area contributed by atoms with E-state index in [2.05, 4.69) is 5.32 Å². The molecule has 0 saturated heterocycles. The number of halogens is 1. The fourth-order valence-electron chi connectivity index (χ4n) is 5.86. The second-order valence-electron chi connectivity index (χ2n) is 11.5. The van der Waals surface area contributed by atoms with Crippen LogP contribution < -0.4 is 28.6 Å². The van der Waals surface area contributed by atoms with E-state index in [1.54, 1.807) is 36.4 Å². The van der Waals surface area contributed by atoms with E-state index < -0.39 is 28.5 Å². The predicted molar refractivity (Wildman–Crippen MR) is 185 cm³/mol. The van der Waals surface area contributed by atoms with Crippen LogP contribution in [-0.4, -0.2) is 72.2 Å². The van der Waals surface area contributed by atoms with Gasteiger partial charge in [-0.15, -0.1) is 0 Å². The fraction of sp³-hybridized carbons (Fsp3) is 0.429. The van der Waals surface area contributed by atoms with Gasteiger partial charge in [0.25, 0.3) is 10.0 Å². The van der Waals surface area contributed by atoms with Crippen LogP contribution in [0.1, 0.15) is 51.0 Å². The van der Waals surface area contributed by atoms with E-state index in [-0.39, 0.29) is 40.6 Å². The lowest BCUT2D eigenvalue weighted by Crippen LogP contribution is -2.54. The molecule has 0 bridgehead atoms. The number of ether oxygens (including phenoxy) is 4. The first-order valence-electron chi connectivity index (χ1n) is 15.9. The summed E-state index contributed by atoms with van der Waals surface area (Å²) in [6.45, 7) is 1.23. The molecule has 48 heavy (non-hydrogen) atoms. The number of rotatable bonds is 15. The van der Waals surface area contributed by atoms with Crippen molar-refractivity contribution in [1.82, 2.24) is 10.2 Å². The molecule has 3 aromatic rings. The number of methoxy groups -OCH3 is 4. The number of hydrogen-bond donors (Lipinski definition) is 1. The number of benzene rings is 3. The average Bonchev–Trinajstić information content (AvgIpc) is 3.10. The molecule has 13 heteroatoms. The molecule has 1 saturated carbocycles. The van der Waals surface area contributed by atoms with Gasteiger partial charge in [-0.2, -0.15) is 0 Å². The highest BCUT2D eigenvalue weighted by Gasteiger charge is 2.36. The van der Waals surface area contributed by atoms with Gasteiger partial charge in [0.1, 0.15) is 24.1 Å². The van der Waals surface area contributed by atoms with Gasteiger partial charge in [0.15, 0.2) is 11.5 Å². The summed E-state index contributed by atoms with van der Waals surface area (Å²) in [6.07, 6.45) is 5.24. The smallest absolute Gasteiger partial charge is 0.265 e. The molecule has 0 aliphatic heterocycles. The van der Waals surface area contributed by atoms with Crippen molar-refractivity contribution in [2.45, 2.75) is 69.0 Å². The van der Waals surface area contributed by atoms with Gasteiger partial charge in [-0.3, -0.25) is 13.9 Å². The third kappa shape index (κ3) is 8.65. The lowest BCUT2D eigenvalue weighted by atomic mass is 9.95. The summed E-state index contributed by atoms with van der Waals surface area (Å²) in [6, 6.07) is 15.0. The molecule has 3 aromatic carbocycles. The molecular weight excluding hydrogens is 658 g/mol. The monoisotopic (exact) mass is 701 g/mol. The highest BCUT2D eigenvalue weighted by atomic mass is 35.5. The van der Waals surface area contributed by atoms with Gasteiger partial charge in [-0.1, -0.05) is 49.9 Å². The maximum absolute atomic E-state index is 14.5. The van der Waals surface area contributed by atoms with Gasteiger partial charge in [-0.05, 0) is 61.2 Å². The van der Waals surface area contributed by atoms with Gasteiger partial charge < -0.3 is 29.2 Å². The molecule has 1 aliphatic rings. The van der Waals surface area contributed by atoms with Crippen LogP contribution in [-0.2, 0) is 26.2 Å². The van der Waals surface area contributed by atoms with E-state index in [1.807, 2.05) is 6.92 Å². The van der Waals surface area contributed by atoms with E-state index >= 15 is 0 Å². The van der Waals surface area contributed by atoms with Gasteiger partial charge in [0.05, 0.1) is 39.0 Å². The molecule has 1 aliphatic carbocycles. The van der Waals surface area contributed by atoms with Crippen LogP contribution in [0.15, 0.2) is 65.6 Å². The largest absolute Gasteiger partial charge is 0.497 e. The molecule has 4 rings (SSSR count). The van der Waals surface area contributed by atoms with Crippen molar-refractivity contribution in [3.8, 4) is 23.0 Å². The lowest BCUT2D eigenvalue weighted by Gasteiger charge is -2.34. The van der Waals surface area contributed by atoms with E-state index in [0.717, 1.165) is 42.0 Å². The molecule has 0 radical (unpaired) electrons. The van der Waals surface area contributed by atoms with E-state index in [0.29, 0.717) is 22.9 Å². The summed E-state index contributed by atoms with van der Waals surface area (Å²) < 4.78 is 51.7. The van der Waals surface area contributed by atoms with Crippen LogP contribution in [0.3, 0.4) is 0 Å². The van der Waals surface area contributed by atoms with Crippen LogP contribution in [0.2, 0.25) is 5.02 Å². The summed E-state index contributed by atoms with van der Waals surface area (Å²) >= 11 is 6.14. The third-order valence-corrected chi connectivity index (χ3v) is 10.5. The fourth-order valence-corrected chi connectivity index (χ4v) is 7.42.